The van der Waals surface area contributed by atoms with Gasteiger partial charge < -0.3 is 31.5 Å². The lowest BCUT2D eigenvalue weighted by Crippen LogP contribution is -2.63. The molecule has 1 saturated heterocycles. The molecule has 0 aliphatic carbocycles. The highest BCUT2D eigenvalue weighted by molar-refractivity contribution is 6.40. The topological polar surface area (TPSA) is 145 Å². The van der Waals surface area contributed by atoms with Gasteiger partial charge in [-0.05, 0) is 36.9 Å². The SMILES string of the molecule is Cl.Cl.N[C@@H](Cc1ccc(C(F)(F)F)cc1)C(=O)N[C@@]1(C(=O)O)CNC[C@@H]1CCCB(O)O. The first-order valence-corrected chi connectivity index (χ1v) is 9.49. The summed E-state index contributed by atoms with van der Waals surface area (Å²) in [5.74, 6) is -2.46. The Morgan fingerprint density at radius 1 is 1.25 bits per heavy atom. The van der Waals surface area contributed by atoms with Gasteiger partial charge in [-0.2, -0.15) is 13.2 Å². The number of carbonyl (C=O) groups excluding carboxylic acids is 1. The van der Waals surface area contributed by atoms with Crippen LogP contribution in [0.3, 0.4) is 0 Å². The highest BCUT2D eigenvalue weighted by atomic mass is 35.5. The molecule has 14 heteroatoms. The van der Waals surface area contributed by atoms with Crippen molar-refractivity contribution in [2.24, 2.45) is 11.7 Å². The van der Waals surface area contributed by atoms with Crippen molar-refractivity contribution in [2.75, 3.05) is 13.1 Å². The van der Waals surface area contributed by atoms with E-state index < -0.39 is 48.2 Å². The minimum absolute atomic E-state index is 0. The third-order valence-electron chi connectivity index (χ3n) is 5.31. The Morgan fingerprint density at radius 3 is 2.34 bits per heavy atom. The molecule has 0 unspecified atom stereocenters. The summed E-state index contributed by atoms with van der Waals surface area (Å²) in [6, 6.07) is 3.08. The first-order chi connectivity index (χ1) is 14.0. The summed E-state index contributed by atoms with van der Waals surface area (Å²) in [4.78, 5) is 24.6. The van der Waals surface area contributed by atoms with Gasteiger partial charge in [0.15, 0.2) is 5.54 Å². The molecule has 0 bridgehead atoms. The van der Waals surface area contributed by atoms with Crippen molar-refractivity contribution in [3.8, 4) is 0 Å². The molecule has 1 aromatic carbocycles. The molecule has 0 aromatic heterocycles. The summed E-state index contributed by atoms with van der Waals surface area (Å²) in [6.45, 7) is 0.301. The second kappa shape index (κ2) is 12.6. The molecule has 8 nitrogen and oxygen atoms in total. The molecule has 0 saturated carbocycles. The zero-order chi connectivity index (χ0) is 22.5. The normalized spacial score (nSPS) is 21.1. The van der Waals surface area contributed by atoms with Crippen molar-refractivity contribution in [3.63, 3.8) is 0 Å². The highest BCUT2D eigenvalue weighted by Gasteiger charge is 2.50. The number of alkyl halides is 3. The average molecular weight is 504 g/mol. The Morgan fingerprint density at radius 2 is 1.84 bits per heavy atom. The molecule has 3 atom stereocenters. The lowest BCUT2D eigenvalue weighted by atomic mass is 9.78. The molecule has 0 radical (unpaired) electrons. The molecule has 2 rings (SSSR count). The Balaban J connectivity index is 0.00000480. The number of halogens is 5. The summed E-state index contributed by atoms with van der Waals surface area (Å²) in [7, 11) is -1.50. The molecular formula is C18H27BCl2F3N3O5. The first-order valence-electron chi connectivity index (χ1n) is 9.49. The van der Waals surface area contributed by atoms with Crippen molar-refractivity contribution >= 4 is 43.8 Å². The van der Waals surface area contributed by atoms with Crippen LogP contribution in [0.25, 0.3) is 0 Å². The highest BCUT2D eigenvalue weighted by Crippen LogP contribution is 2.30. The summed E-state index contributed by atoms with van der Waals surface area (Å²) in [6.07, 6.45) is -3.76. The van der Waals surface area contributed by atoms with Gasteiger partial charge in [-0.3, -0.25) is 4.79 Å². The fourth-order valence-corrected chi connectivity index (χ4v) is 3.60. The second-order valence-electron chi connectivity index (χ2n) is 7.51. The van der Waals surface area contributed by atoms with E-state index in [0.717, 1.165) is 12.1 Å². The van der Waals surface area contributed by atoms with Gasteiger partial charge in [0.25, 0.3) is 0 Å². The van der Waals surface area contributed by atoms with E-state index in [1.165, 1.54) is 12.1 Å². The van der Waals surface area contributed by atoms with Crippen LogP contribution in [0.5, 0.6) is 0 Å². The molecule has 32 heavy (non-hydrogen) atoms. The fraction of sp³-hybridized carbons (Fsp3) is 0.556. The van der Waals surface area contributed by atoms with E-state index in [2.05, 4.69) is 10.6 Å². The fourth-order valence-electron chi connectivity index (χ4n) is 3.60. The molecule has 1 aliphatic rings. The largest absolute Gasteiger partial charge is 0.479 e. The summed E-state index contributed by atoms with van der Waals surface area (Å²) < 4.78 is 37.9. The molecule has 0 spiro atoms. The number of hydrogen-bond donors (Lipinski definition) is 6. The van der Waals surface area contributed by atoms with E-state index in [9.17, 15) is 27.9 Å². The maximum Gasteiger partial charge on any atom is 0.451 e. The third kappa shape index (κ3) is 7.78. The summed E-state index contributed by atoms with van der Waals surface area (Å²) >= 11 is 0. The van der Waals surface area contributed by atoms with Gasteiger partial charge in [0.05, 0.1) is 11.6 Å². The van der Waals surface area contributed by atoms with Crippen LogP contribution in [0.1, 0.15) is 24.0 Å². The molecule has 1 heterocycles. The zero-order valence-corrected chi connectivity index (χ0v) is 18.6. The number of carboxylic acid groups (broad SMARTS) is 1. The Kier molecular flexibility index (Phi) is 12.0. The quantitative estimate of drug-likeness (QED) is 0.274. The lowest BCUT2D eigenvalue weighted by Gasteiger charge is -2.32. The van der Waals surface area contributed by atoms with Crippen molar-refractivity contribution in [3.05, 3.63) is 35.4 Å². The van der Waals surface area contributed by atoms with Crippen molar-refractivity contribution < 1.29 is 37.9 Å². The predicted molar refractivity (Wildman–Crippen MR) is 117 cm³/mol. The van der Waals surface area contributed by atoms with Crippen molar-refractivity contribution in [1.82, 2.24) is 10.6 Å². The minimum atomic E-state index is -4.47. The zero-order valence-electron chi connectivity index (χ0n) is 17.0. The number of carbonyl (C=O) groups is 2. The molecule has 1 fully saturated rings. The van der Waals surface area contributed by atoms with Gasteiger partial charge >= 0.3 is 19.3 Å². The number of nitrogens with two attached hydrogens (primary N) is 1. The van der Waals surface area contributed by atoms with Gasteiger partial charge in [-0.1, -0.05) is 18.6 Å². The second-order valence-corrected chi connectivity index (χ2v) is 7.51. The van der Waals surface area contributed by atoms with E-state index in [-0.39, 0.29) is 44.1 Å². The van der Waals surface area contributed by atoms with E-state index in [1.807, 2.05) is 0 Å². The smallest absolute Gasteiger partial charge is 0.451 e. The maximum atomic E-state index is 12.6. The van der Waals surface area contributed by atoms with E-state index in [4.69, 9.17) is 15.8 Å². The first kappa shape index (κ1) is 30.4. The van der Waals surface area contributed by atoms with Gasteiger partial charge in [0.2, 0.25) is 5.91 Å². The maximum absolute atomic E-state index is 12.6. The minimum Gasteiger partial charge on any atom is -0.479 e. The number of carboxylic acids is 1. The average Bonchev–Trinajstić information content (AvgIpc) is 3.05. The number of aliphatic carboxylic acids is 1. The Bertz CT molecular complexity index is 758. The Labute approximate surface area is 196 Å². The molecule has 182 valence electrons. The van der Waals surface area contributed by atoms with Crippen LogP contribution in [0.15, 0.2) is 24.3 Å². The van der Waals surface area contributed by atoms with Crippen molar-refractivity contribution in [2.45, 2.75) is 43.3 Å². The molecule has 1 aromatic rings. The van der Waals surface area contributed by atoms with Gasteiger partial charge in [-0.15, -0.1) is 24.8 Å². The number of hydrogen-bond acceptors (Lipinski definition) is 6. The van der Waals surface area contributed by atoms with Gasteiger partial charge in [-0.25, -0.2) is 4.79 Å². The monoisotopic (exact) mass is 503 g/mol. The molecule has 7 N–H and O–H groups in total. The molecular weight excluding hydrogens is 477 g/mol. The predicted octanol–water partition coefficient (Wildman–Crippen LogP) is 0.831. The summed E-state index contributed by atoms with van der Waals surface area (Å²) in [5, 5.41) is 33.1. The lowest BCUT2D eigenvalue weighted by molar-refractivity contribution is -0.149. The van der Waals surface area contributed by atoms with Crippen LogP contribution in [0.4, 0.5) is 13.2 Å². The van der Waals surface area contributed by atoms with Crippen LogP contribution in [0.2, 0.25) is 6.32 Å². The van der Waals surface area contributed by atoms with Gasteiger partial charge in [0, 0.05) is 19.0 Å². The van der Waals surface area contributed by atoms with Crippen LogP contribution in [-0.4, -0.2) is 58.8 Å². The number of nitrogens with one attached hydrogen (secondary N) is 2. The van der Waals surface area contributed by atoms with E-state index in [1.54, 1.807) is 0 Å². The standard InChI is InChI=1S/C18H25BF3N3O5.2ClH/c20-18(21,22)12-5-3-11(4-6-12)8-14(23)15(26)25-17(16(27)28)10-24-9-13(17)2-1-7-19(29)30;;/h3-6,13-14,24,29-30H,1-2,7-10,23H2,(H,25,26)(H,27,28);2*1H/t13-,14-,17-;;/m0../s1. The Hall–Kier alpha value is -1.57. The van der Waals surface area contributed by atoms with Crippen molar-refractivity contribution in [1.29, 1.82) is 0 Å². The van der Waals surface area contributed by atoms with Crippen LogP contribution in [-0.2, 0) is 22.2 Å². The van der Waals surface area contributed by atoms with Crippen LogP contribution < -0.4 is 16.4 Å². The van der Waals surface area contributed by atoms with E-state index in [0.29, 0.717) is 24.9 Å². The molecule has 1 amide bonds. The number of rotatable bonds is 9. The molecule has 1 aliphatic heterocycles. The number of benzene rings is 1. The van der Waals surface area contributed by atoms with Crippen LogP contribution in [0, 0.1) is 5.92 Å². The third-order valence-corrected chi connectivity index (χ3v) is 5.31. The van der Waals surface area contributed by atoms with E-state index >= 15 is 0 Å². The van der Waals surface area contributed by atoms with Crippen LogP contribution >= 0.6 is 24.8 Å². The number of amides is 1. The van der Waals surface area contributed by atoms with Gasteiger partial charge in [0.1, 0.15) is 0 Å². The summed E-state index contributed by atoms with van der Waals surface area (Å²) in [5.41, 5.74) is 3.87.